The molecule has 2 amide bonds. The molecule has 3 rings (SSSR count). The first-order valence-electron chi connectivity index (χ1n) is 9.81. The molecule has 168 valence electrons. The zero-order valence-electron chi connectivity index (χ0n) is 17.3. The minimum atomic E-state index is -0.924. The van der Waals surface area contributed by atoms with Crippen LogP contribution in [0.5, 0.6) is 0 Å². The van der Waals surface area contributed by atoms with E-state index < -0.39 is 23.7 Å². The number of primary amides is 1. The number of nitrogens with one attached hydrogen (secondary N) is 1. The van der Waals surface area contributed by atoms with Crippen molar-refractivity contribution in [3.05, 3.63) is 64.6 Å². The minimum absolute atomic E-state index is 0.0118. The van der Waals surface area contributed by atoms with E-state index in [9.17, 15) is 18.8 Å². The first-order valence-corrected chi connectivity index (χ1v) is 10.2. The van der Waals surface area contributed by atoms with E-state index in [1.54, 1.807) is 36.4 Å². The van der Waals surface area contributed by atoms with Crippen molar-refractivity contribution in [2.45, 2.75) is 25.4 Å². The summed E-state index contributed by atoms with van der Waals surface area (Å²) in [6.45, 7) is -0.279. The van der Waals surface area contributed by atoms with Crippen LogP contribution in [0.1, 0.15) is 22.5 Å². The Bertz CT molecular complexity index is 1160. The summed E-state index contributed by atoms with van der Waals surface area (Å²) in [6.07, 6.45) is 0.120. The number of Topliss-reactive ketones (excluding diaryl/α,β-unsaturated/α-hetero) is 1. The number of fused-ring (bicyclic) bond motifs is 1. The van der Waals surface area contributed by atoms with E-state index >= 15 is 0 Å². The van der Waals surface area contributed by atoms with Crippen molar-refractivity contribution in [2.24, 2.45) is 5.73 Å². The van der Waals surface area contributed by atoms with E-state index in [1.165, 1.54) is 17.9 Å². The number of nitrogens with two attached hydrogens (primary N) is 1. The lowest BCUT2D eigenvalue weighted by Crippen LogP contribution is -2.45. The average Bonchev–Trinajstić information content (AvgIpc) is 3.13. The summed E-state index contributed by atoms with van der Waals surface area (Å²) in [4.78, 5) is 36.9. The molecule has 0 spiro atoms. The molecule has 1 atom stereocenters. The van der Waals surface area contributed by atoms with E-state index in [-0.39, 0.29) is 42.5 Å². The predicted octanol–water partition coefficient (Wildman–Crippen LogP) is 2.26. The summed E-state index contributed by atoms with van der Waals surface area (Å²) in [6, 6.07) is 10.5. The van der Waals surface area contributed by atoms with Gasteiger partial charge in [0.1, 0.15) is 18.4 Å². The highest BCUT2D eigenvalue weighted by molar-refractivity contribution is 6.30. The third-order valence-corrected chi connectivity index (χ3v) is 5.21. The molecule has 2 aromatic carbocycles. The minimum Gasteiger partial charge on any atom is -0.382 e. The fraction of sp³-hybridized carbons (Fsp3) is 0.273. The summed E-state index contributed by atoms with van der Waals surface area (Å²) < 4.78 is 20.5. The van der Waals surface area contributed by atoms with Crippen molar-refractivity contribution >= 4 is 40.1 Å². The maximum Gasteiger partial charge on any atom is 0.269 e. The number of aryl methyl sites for hydroxylation is 1. The maximum absolute atomic E-state index is 14.1. The number of ether oxygens (including phenoxy) is 1. The average molecular weight is 461 g/mol. The number of carbonyl (C=O) groups is 3. The second-order valence-corrected chi connectivity index (χ2v) is 7.55. The van der Waals surface area contributed by atoms with Crippen molar-refractivity contribution in [3.8, 4) is 0 Å². The fourth-order valence-electron chi connectivity index (χ4n) is 3.36. The van der Waals surface area contributed by atoms with Gasteiger partial charge in [-0.25, -0.2) is 4.39 Å². The number of nitrogens with zero attached hydrogens (tertiary/aromatic N) is 2. The molecule has 0 aliphatic rings. The van der Waals surface area contributed by atoms with Gasteiger partial charge in [0.05, 0.1) is 17.1 Å². The van der Waals surface area contributed by atoms with Crippen LogP contribution in [0, 0.1) is 5.82 Å². The van der Waals surface area contributed by atoms with E-state index in [4.69, 9.17) is 22.1 Å². The molecule has 1 aromatic heterocycles. The van der Waals surface area contributed by atoms with Gasteiger partial charge < -0.3 is 15.8 Å². The number of hydrogen-bond acceptors (Lipinski definition) is 5. The number of aromatic nitrogens is 2. The predicted molar refractivity (Wildman–Crippen MR) is 117 cm³/mol. The molecule has 32 heavy (non-hydrogen) atoms. The van der Waals surface area contributed by atoms with Crippen LogP contribution < -0.4 is 11.1 Å². The number of halogens is 2. The monoisotopic (exact) mass is 460 g/mol. The summed E-state index contributed by atoms with van der Waals surface area (Å²) in [5.74, 6) is -2.09. The number of benzene rings is 2. The Labute approximate surface area is 188 Å². The van der Waals surface area contributed by atoms with Gasteiger partial charge in [-0.1, -0.05) is 41.9 Å². The van der Waals surface area contributed by atoms with Gasteiger partial charge in [0.25, 0.3) is 5.91 Å². The largest absolute Gasteiger partial charge is 0.382 e. The molecule has 0 fully saturated rings. The van der Waals surface area contributed by atoms with Crippen molar-refractivity contribution in [3.63, 3.8) is 0 Å². The highest BCUT2D eigenvalue weighted by atomic mass is 35.5. The highest BCUT2D eigenvalue weighted by Gasteiger charge is 2.23. The molecule has 1 heterocycles. The van der Waals surface area contributed by atoms with Crippen LogP contribution in [0.4, 0.5) is 4.39 Å². The lowest BCUT2D eigenvalue weighted by Gasteiger charge is -2.17. The quantitative estimate of drug-likeness (QED) is 0.481. The zero-order valence-corrected chi connectivity index (χ0v) is 18.1. The summed E-state index contributed by atoms with van der Waals surface area (Å²) in [5, 5.41) is 7.27. The van der Waals surface area contributed by atoms with Crippen LogP contribution in [-0.4, -0.2) is 47.1 Å². The van der Waals surface area contributed by atoms with Crippen LogP contribution >= 0.6 is 11.6 Å². The molecule has 0 aliphatic carbocycles. The Kier molecular flexibility index (Phi) is 7.55. The first-order chi connectivity index (χ1) is 15.3. The number of methoxy groups -OCH3 is 1. The second-order valence-electron chi connectivity index (χ2n) is 7.14. The molecule has 3 aromatic rings. The molecule has 0 aliphatic heterocycles. The second kappa shape index (κ2) is 10.3. The van der Waals surface area contributed by atoms with E-state index in [2.05, 4.69) is 10.4 Å². The number of hydrogen-bond donors (Lipinski definition) is 2. The van der Waals surface area contributed by atoms with Gasteiger partial charge in [0, 0.05) is 18.9 Å². The molecule has 10 heteroatoms. The van der Waals surface area contributed by atoms with Gasteiger partial charge >= 0.3 is 0 Å². The summed E-state index contributed by atoms with van der Waals surface area (Å²) >= 11 is 5.78. The molecule has 0 saturated carbocycles. The molecular weight excluding hydrogens is 439 g/mol. The van der Waals surface area contributed by atoms with E-state index in [0.717, 1.165) is 0 Å². The molecular formula is C22H22ClFN4O4. The lowest BCUT2D eigenvalue weighted by atomic mass is 10.0. The first kappa shape index (κ1) is 23.4. The van der Waals surface area contributed by atoms with Crippen molar-refractivity contribution in [2.75, 3.05) is 13.7 Å². The van der Waals surface area contributed by atoms with Gasteiger partial charge in [-0.05, 0) is 24.1 Å². The number of carbonyl (C=O) groups excluding carboxylic acids is 3. The fourth-order valence-corrected chi connectivity index (χ4v) is 3.56. The summed E-state index contributed by atoms with van der Waals surface area (Å²) in [7, 11) is 1.41. The third kappa shape index (κ3) is 5.30. The standard InChI is InChI=1S/C22H22ClFN4O4/c1-32-12-16(18(29)10-9-13-5-4-7-15(23)20(13)24)26-19(30)11-28-17-8-3-2-6-14(17)21(27-28)22(25)31/h2-8,16H,9-12H2,1H3,(H2,25,31)(H,26,30)/t16-/m1/s1. The number of rotatable bonds is 10. The van der Waals surface area contributed by atoms with E-state index in [1.807, 2.05) is 0 Å². The SMILES string of the molecule is COC[C@@H](NC(=O)Cn1nc(C(N)=O)c2ccccc21)C(=O)CCc1cccc(Cl)c1F. The van der Waals surface area contributed by atoms with Crippen LogP contribution in [0.15, 0.2) is 42.5 Å². The Morgan fingerprint density at radius 3 is 2.69 bits per heavy atom. The van der Waals surface area contributed by atoms with Crippen LogP contribution in [0.3, 0.4) is 0 Å². The van der Waals surface area contributed by atoms with E-state index in [0.29, 0.717) is 16.5 Å². The Morgan fingerprint density at radius 1 is 1.22 bits per heavy atom. The van der Waals surface area contributed by atoms with Crippen LogP contribution in [-0.2, 0) is 27.3 Å². The lowest BCUT2D eigenvalue weighted by molar-refractivity contribution is -0.129. The van der Waals surface area contributed by atoms with Gasteiger partial charge in [-0.2, -0.15) is 5.10 Å². The normalized spacial score (nSPS) is 12.0. The Balaban J connectivity index is 1.69. The van der Waals surface area contributed by atoms with Crippen molar-refractivity contribution < 1.29 is 23.5 Å². The smallest absolute Gasteiger partial charge is 0.269 e. The van der Waals surface area contributed by atoms with Crippen molar-refractivity contribution in [1.29, 1.82) is 0 Å². The molecule has 0 bridgehead atoms. The highest BCUT2D eigenvalue weighted by Crippen LogP contribution is 2.20. The van der Waals surface area contributed by atoms with Gasteiger partial charge in [-0.3, -0.25) is 19.1 Å². The molecule has 3 N–H and O–H groups in total. The topological polar surface area (TPSA) is 116 Å². The Hall–Kier alpha value is -3.30. The maximum atomic E-state index is 14.1. The van der Waals surface area contributed by atoms with Gasteiger partial charge in [-0.15, -0.1) is 0 Å². The van der Waals surface area contributed by atoms with Crippen LogP contribution in [0.2, 0.25) is 5.02 Å². The molecule has 0 radical (unpaired) electrons. The molecule has 8 nitrogen and oxygen atoms in total. The number of para-hydroxylation sites is 1. The van der Waals surface area contributed by atoms with Crippen LogP contribution in [0.25, 0.3) is 10.9 Å². The van der Waals surface area contributed by atoms with Gasteiger partial charge in [0.15, 0.2) is 11.5 Å². The van der Waals surface area contributed by atoms with Crippen molar-refractivity contribution in [1.82, 2.24) is 15.1 Å². The number of ketones is 1. The number of amides is 2. The summed E-state index contributed by atoms with van der Waals surface area (Å²) in [5.41, 5.74) is 6.30. The molecule has 0 saturated heterocycles. The third-order valence-electron chi connectivity index (χ3n) is 4.91. The zero-order chi connectivity index (χ0) is 23.3. The Morgan fingerprint density at radius 2 is 1.97 bits per heavy atom. The molecule has 0 unspecified atom stereocenters. The van der Waals surface area contributed by atoms with Gasteiger partial charge in [0.2, 0.25) is 5.91 Å².